The summed E-state index contributed by atoms with van der Waals surface area (Å²) in [6, 6.07) is 5.60. The number of carbonyl (C=O) groups is 1. The van der Waals surface area contributed by atoms with Crippen molar-refractivity contribution in [1.82, 2.24) is 0 Å². The molecule has 0 aromatic heterocycles. The lowest BCUT2D eigenvalue weighted by Crippen LogP contribution is -2.44. The van der Waals surface area contributed by atoms with Gasteiger partial charge in [-0.3, -0.25) is 4.79 Å². The van der Waals surface area contributed by atoms with Crippen LogP contribution < -0.4 is 0 Å². The molecule has 2 saturated carbocycles. The van der Waals surface area contributed by atoms with Crippen LogP contribution in [0.3, 0.4) is 0 Å². The second-order valence-electron chi connectivity index (χ2n) is 7.32. The Bertz CT molecular complexity index is 611. The van der Waals surface area contributed by atoms with E-state index >= 15 is 0 Å². The molecule has 1 aromatic rings. The second kappa shape index (κ2) is 4.31. The van der Waals surface area contributed by atoms with Crippen LogP contribution in [0.1, 0.15) is 49.7 Å². The second-order valence-corrected chi connectivity index (χ2v) is 7.32. The van der Waals surface area contributed by atoms with Crippen LogP contribution in [-0.4, -0.2) is 17.1 Å². The molecule has 5 atom stereocenters. The maximum Gasteiger partial charge on any atom is 0.142 e. The molecule has 1 aromatic carbocycles. The lowest BCUT2D eigenvalue weighted by Gasteiger charge is -2.48. The number of hydrogen-bond donors (Lipinski definition) is 1. The first-order valence-corrected chi connectivity index (χ1v) is 8.00. The summed E-state index contributed by atoms with van der Waals surface area (Å²) >= 11 is 0. The lowest BCUT2D eigenvalue weighted by molar-refractivity contribution is -0.129. The van der Waals surface area contributed by atoms with E-state index in [1.165, 1.54) is 11.1 Å². The summed E-state index contributed by atoms with van der Waals surface area (Å²) < 4.78 is 14.5. The first-order valence-electron chi connectivity index (χ1n) is 8.00. The maximum atomic E-state index is 14.5. The van der Waals surface area contributed by atoms with Crippen molar-refractivity contribution in [3.8, 4) is 5.75 Å². The number of Topliss-reactive ketones (excluding diaryl/α,β-unsaturated/α-hetero) is 1. The molecule has 0 bridgehead atoms. The predicted molar refractivity (Wildman–Crippen MR) is 78.0 cm³/mol. The molecule has 0 amide bonds. The summed E-state index contributed by atoms with van der Waals surface area (Å²) in [7, 11) is 0. The molecule has 0 spiro atoms. The summed E-state index contributed by atoms with van der Waals surface area (Å²) in [6.07, 6.45) is 2.75. The highest BCUT2D eigenvalue weighted by Gasteiger charge is 2.59. The minimum Gasteiger partial charge on any atom is -0.508 e. The molecule has 3 heteroatoms. The number of phenols is 1. The summed E-state index contributed by atoms with van der Waals surface area (Å²) in [4.78, 5) is 12.2. The average Bonchev–Trinajstić information content (AvgIpc) is 2.68. The van der Waals surface area contributed by atoms with E-state index in [0.717, 1.165) is 25.7 Å². The Balaban J connectivity index is 1.75. The zero-order valence-corrected chi connectivity index (χ0v) is 12.3. The van der Waals surface area contributed by atoms with Gasteiger partial charge < -0.3 is 5.11 Å². The fourth-order valence-electron chi connectivity index (χ4n) is 5.35. The number of hydrogen-bond acceptors (Lipinski definition) is 2. The number of halogens is 1. The maximum absolute atomic E-state index is 14.5. The molecule has 0 saturated heterocycles. The minimum atomic E-state index is -0.964. The van der Waals surface area contributed by atoms with Crippen molar-refractivity contribution in [3.05, 3.63) is 29.3 Å². The van der Waals surface area contributed by atoms with E-state index in [9.17, 15) is 14.3 Å². The largest absolute Gasteiger partial charge is 0.508 e. The van der Waals surface area contributed by atoms with Gasteiger partial charge in [-0.05, 0) is 60.8 Å². The molecule has 0 aliphatic heterocycles. The van der Waals surface area contributed by atoms with Gasteiger partial charge in [-0.25, -0.2) is 4.39 Å². The summed E-state index contributed by atoms with van der Waals surface area (Å²) in [5, 5.41) is 9.65. The molecule has 0 radical (unpaired) electrons. The van der Waals surface area contributed by atoms with Gasteiger partial charge in [0.05, 0.1) is 0 Å². The van der Waals surface area contributed by atoms with Crippen LogP contribution in [0.5, 0.6) is 5.75 Å². The van der Waals surface area contributed by atoms with Crippen LogP contribution >= 0.6 is 0 Å². The first kappa shape index (κ1) is 13.3. The Morgan fingerprint density at radius 3 is 2.95 bits per heavy atom. The van der Waals surface area contributed by atoms with Gasteiger partial charge in [0.25, 0.3) is 0 Å². The number of rotatable bonds is 0. The average molecular weight is 288 g/mol. The van der Waals surface area contributed by atoms with Crippen molar-refractivity contribution in [2.75, 3.05) is 0 Å². The molecular formula is C18H21FO2. The van der Waals surface area contributed by atoms with Crippen LogP contribution in [0.4, 0.5) is 4.39 Å². The summed E-state index contributed by atoms with van der Waals surface area (Å²) in [5.41, 5.74) is 2.05. The molecule has 0 heterocycles. The number of alkyl halides is 1. The Hall–Kier alpha value is -1.38. The Morgan fingerprint density at radius 1 is 1.33 bits per heavy atom. The molecular weight excluding hydrogens is 267 g/mol. The normalized spacial score (nSPS) is 41.3. The van der Waals surface area contributed by atoms with E-state index in [-0.39, 0.29) is 24.0 Å². The van der Waals surface area contributed by atoms with Crippen LogP contribution in [-0.2, 0) is 11.2 Å². The van der Waals surface area contributed by atoms with Crippen molar-refractivity contribution in [3.63, 3.8) is 0 Å². The zero-order chi connectivity index (χ0) is 14.8. The van der Waals surface area contributed by atoms with Crippen molar-refractivity contribution in [2.24, 2.45) is 17.3 Å². The highest BCUT2D eigenvalue weighted by atomic mass is 19.1. The molecule has 0 unspecified atom stereocenters. The van der Waals surface area contributed by atoms with Gasteiger partial charge in [0.1, 0.15) is 17.7 Å². The fraction of sp³-hybridized carbons (Fsp3) is 0.611. The van der Waals surface area contributed by atoms with Crippen LogP contribution in [0.15, 0.2) is 18.2 Å². The topological polar surface area (TPSA) is 37.3 Å². The van der Waals surface area contributed by atoms with Gasteiger partial charge in [-0.15, -0.1) is 0 Å². The molecule has 1 N–H and O–H groups in total. The number of phenolic OH excluding ortho intramolecular Hbond substituents is 1. The number of ketones is 1. The van der Waals surface area contributed by atoms with E-state index in [4.69, 9.17) is 0 Å². The van der Waals surface area contributed by atoms with Gasteiger partial charge in [0.15, 0.2) is 0 Å². The fourth-order valence-corrected chi connectivity index (χ4v) is 5.35. The third-order valence-electron chi connectivity index (χ3n) is 6.37. The molecule has 4 rings (SSSR count). The Labute approximate surface area is 124 Å². The van der Waals surface area contributed by atoms with E-state index in [0.29, 0.717) is 11.7 Å². The van der Waals surface area contributed by atoms with Gasteiger partial charge in [-0.1, -0.05) is 13.0 Å². The van der Waals surface area contributed by atoms with E-state index in [2.05, 4.69) is 0 Å². The van der Waals surface area contributed by atoms with Crippen molar-refractivity contribution >= 4 is 5.78 Å². The van der Waals surface area contributed by atoms with Gasteiger partial charge in [-0.2, -0.15) is 0 Å². The molecule has 3 aliphatic carbocycles. The van der Waals surface area contributed by atoms with Gasteiger partial charge in [0, 0.05) is 17.8 Å². The highest BCUT2D eigenvalue weighted by molar-refractivity contribution is 5.88. The van der Waals surface area contributed by atoms with E-state index in [1.807, 2.05) is 19.1 Å². The molecule has 112 valence electrons. The summed E-state index contributed by atoms with van der Waals surface area (Å²) in [5.74, 6) is 0.978. The van der Waals surface area contributed by atoms with Crippen molar-refractivity contribution in [1.29, 1.82) is 0 Å². The number of aryl methyl sites for hydroxylation is 1. The molecule has 21 heavy (non-hydrogen) atoms. The molecule has 2 nitrogen and oxygen atoms in total. The van der Waals surface area contributed by atoms with Crippen LogP contribution in [0.25, 0.3) is 0 Å². The van der Waals surface area contributed by atoms with Gasteiger partial charge >= 0.3 is 0 Å². The number of fused-ring (bicyclic) bond motifs is 5. The Morgan fingerprint density at radius 2 is 2.14 bits per heavy atom. The molecule has 3 aliphatic rings. The molecule has 2 fully saturated rings. The minimum absolute atomic E-state index is 0.106. The highest BCUT2D eigenvalue weighted by Crippen LogP contribution is 2.60. The zero-order valence-electron chi connectivity index (χ0n) is 12.3. The van der Waals surface area contributed by atoms with E-state index in [1.54, 1.807) is 6.07 Å². The number of carbonyl (C=O) groups excluding carboxylic acids is 1. The van der Waals surface area contributed by atoms with Gasteiger partial charge in [0.2, 0.25) is 0 Å². The SMILES string of the molecule is C[C@]12CC[C@@H]3c4ccc(O)cc4CC[C@H]3[C@@H]1[C@H](F)CC2=O. The smallest absolute Gasteiger partial charge is 0.142 e. The van der Waals surface area contributed by atoms with Crippen molar-refractivity contribution in [2.45, 2.75) is 51.1 Å². The summed E-state index contributed by atoms with van der Waals surface area (Å²) in [6.45, 7) is 1.99. The number of benzene rings is 1. The lowest BCUT2D eigenvalue weighted by atomic mass is 9.55. The Kier molecular flexibility index (Phi) is 2.73. The van der Waals surface area contributed by atoms with E-state index < -0.39 is 11.6 Å². The van der Waals surface area contributed by atoms with Crippen LogP contribution in [0.2, 0.25) is 0 Å². The van der Waals surface area contributed by atoms with Crippen molar-refractivity contribution < 1.29 is 14.3 Å². The number of aromatic hydroxyl groups is 1. The third-order valence-corrected chi connectivity index (χ3v) is 6.37. The quantitative estimate of drug-likeness (QED) is 0.789. The monoisotopic (exact) mass is 288 g/mol. The standard InChI is InChI=1S/C18H21FO2/c1-18-7-6-13-12-5-3-11(20)8-10(12)2-4-14(13)17(18)15(19)9-16(18)21/h3,5,8,13-15,17,20H,2,4,6-7,9H2,1H3/t13-,14-,15-,17-,18-/m1/s1. The first-order chi connectivity index (χ1) is 10.0. The van der Waals surface area contributed by atoms with Crippen LogP contribution in [0, 0.1) is 17.3 Å². The third kappa shape index (κ3) is 1.72. The predicted octanol–water partition coefficient (Wildman–Crippen LogP) is 3.77.